The molecule has 0 aromatic heterocycles. The minimum absolute atomic E-state index is 0.00375. The van der Waals surface area contributed by atoms with Crippen LogP contribution in [0.3, 0.4) is 0 Å². The molecule has 6 nitrogen and oxygen atoms in total. The van der Waals surface area contributed by atoms with Crippen molar-refractivity contribution in [3.8, 4) is 0 Å². The second kappa shape index (κ2) is 60.6. The lowest BCUT2D eigenvalue weighted by atomic mass is 10.0. The summed E-state index contributed by atoms with van der Waals surface area (Å²) in [5, 5.41) is 23.2. The van der Waals surface area contributed by atoms with Crippen LogP contribution in [0.1, 0.15) is 341 Å². The summed E-state index contributed by atoms with van der Waals surface area (Å²) in [6, 6.07) is -0.636. The number of carbonyl (C=O) groups excluding carboxylic acids is 2. The number of amides is 1. The second-order valence-corrected chi connectivity index (χ2v) is 21.7. The predicted molar refractivity (Wildman–Crippen MR) is 310 cm³/mol. The SMILES string of the molecule is CCCCC/C=C\C/C=C\CCCCCCCCCCCC(=O)OCCCCCCCCCCCCCCCCCC(=O)NC(CO)C(O)/C=C/CCCCCCCCCCCCCCCCCCCC. The molecule has 3 N–H and O–H groups in total. The summed E-state index contributed by atoms with van der Waals surface area (Å²) in [5.74, 6) is -0.0778. The number of nitrogens with one attached hydrogen (secondary N) is 1. The van der Waals surface area contributed by atoms with E-state index < -0.39 is 12.1 Å². The van der Waals surface area contributed by atoms with E-state index >= 15 is 0 Å². The molecule has 0 radical (unpaired) electrons. The molecule has 0 aliphatic carbocycles. The van der Waals surface area contributed by atoms with Crippen LogP contribution in [-0.2, 0) is 14.3 Å². The van der Waals surface area contributed by atoms with Crippen molar-refractivity contribution in [2.45, 2.75) is 353 Å². The van der Waals surface area contributed by atoms with Gasteiger partial charge in [0, 0.05) is 12.8 Å². The number of unbranched alkanes of at least 4 members (excludes halogenated alkanes) is 44. The van der Waals surface area contributed by atoms with E-state index in [1.165, 1.54) is 250 Å². The monoisotopic (exact) mass is 998 g/mol. The van der Waals surface area contributed by atoms with Crippen LogP contribution in [0.15, 0.2) is 36.5 Å². The molecular formula is C65H123NO5. The Morgan fingerprint density at radius 2 is 0.704 bits per heavy atom. The van der Waals surface area contributed by atoms with Gasteiger partial charge in [0.05, 0.1) is 25.4 Å². The molecule has 0 aromatic rings. The van der Waals surface area contributed by atoms with Crippen molar-refractivity contribution in [1.29, 1.82) is 0 Å². The third-order valence-corrected chi connectivity index (χ3v) is 14.7. The van der Waals surface area contributed by atoms with E-state index in [0.717, 1.165) is 64.2 Å². The van der Waals surface area contributed by atoms with Crippen molar-refractivity contribution in [2.24, 2.45) is 0 Å². The van der Waals surface area contributed by atoms with E-state index in [-0.39, 0.29) is 18.5 Å². The number of ether oxygens (including phenoxy) is 1. The van der Waals surface area contributed by atoms with Gasteiger partial charge in [0.1, 0.15) is 0 Å². The standard InChI is InChI=1S/C65H123NO5/c1-3-5-7-9-11-13-15-17-19-21-23-25-26-29-33-37-41-45-49-53-57-63(68)62(61-67)66-64(69)58-54-50-46-42-38-34-30-28-32-36-40-44-48-52-56-60-71-65(70)59-55-51-47-43-39-35-31-27-24-22-20-18-16-14-12-10-8-6-4-2/h12,14,18,20,53,57,62-63,67-68H,3-11,13,15-17,19,21-52,54-56,58-61H2,1-2H3,(H,66,69)/b14-12-,20-18-,57-53+. The minimum atomic E-state index is -0.852. The van der Waals surface area contributed by atoms with Gasteiger partial charge in [-0.1, -0.05) is 301 Å². The summed E-state index contributed by atoms with van der Waals surface area (Å²) in [6.45, 7) is 4.88. The van der Waals surface area contributed by atoms with E-state index in [2.05, 4.69) is 43.5 Å². The Labute approximate surface area is 443 Å². The van der Waals surface area contributed by atoms with Crippen molar-refractivity contribution in [2.75, 3.05) is 13.2 Å². The summed E-state index contributed by atoms with van der Waals surface area (Å²) in [5.41, 5.74) is 0. The normalized spacial score (nSPS) is 12.8. The second-order valence-electron chi connectivity index (χ2n) is 21.7. The zero-order valence-corrected chi connectivity index (χ0v) is 47.7. The first-order valence-electron chi connectivity index (χ1n) is 31.8. The fraction of sp³-hybridized carbons (Fsp3) is 0.877. The molecule has 2 unspecified atom stereocenters. The third kappa shape index (κ3) is 57.2. The highest BCUT2D eigenvalue weighted by atomic mass is 16.5. The number of aliphatic hydroxyl groups is 2. The first-order valence-corrected chi connectivity index (χ1v) is 31.8. The molecule has 418 valence electrons. The van der Waals surface area contributed by atoms with Gasteiger partial charge in [-0.05, 0) is 64.2 Å². The van der Waals surface area contributed by atoms with Crippen molar-refractivity contribution in [3.05, 3.63) is 36.5 Å². The van der Waals surface area contributed by atoms with Gasteiger partial charge >= 0.3 is 5.97 Å². The largest absolute Gasteiger partial charge is 0.466 e. The van der Waals surface area contributed by atoms with Crippen LogP contribution in [0, 0.1) is 0 Å². The lowest BCUT2D eigenvalue weighted by Crippen LogP contribution is -2.45. The number of rotatable bonds is 59. The Morgan fingerprint density at radius 3 is 1.10 bits per heavy atom. The van der Waals surface area contributed by atoms with Crippen LogP contribution in [0.4, 0.5) is 0 Å². The molecule has 1 amide bonds. The quantitative estimate of drug-likeness (QED) is 0.0321. The highest BCUT2D eigenvalue weighted by molar-refractivity contribution is 5.76. The lowest BCUT2D eigenvalue weighted by molar-refractivity contribution is -0.143. The van der Waals surface area contributed by atoms with Gasteiger partial charge < -0.3 is 20.3 Å². The number of hydrogen-bond donors (Lipinski definition) is 3. The van der Waals surface area contributed by atoms with Crippen LogP contribution in [0.25, 0.3) is 0 Å². The van der Waals surface area contributed by atoms with Crippen LogP contribution < -0.4 is 5.32 Å². The number of aliphatic hydroxyl groups excluding tert-OH is 2. The smallest absolute Gasteiger partial charge is 0.305 e. The Kier molecular flexibility index (Phi) is 59.0. The molecule has 0 aromatic carbocycles. The molecule has 0 heterocycles. The van der Waals surface area contributed by atoms with Gasteiger partial charge in [0.15, 0.2) is 0 Å². The molecule has 71 heavy (non-hydrogen) atoms. The Bertz CT molecular complexity index is 1150. The maximum atomic E-state index is 12.5. The summed E-state index contributed by atoms with van der Waals surface area (Å²) >= 11 is 0. The molecule has 0 bridgehead atoms. The summed E-state index contributed by atoms with van der Waals surface area (Å²) in [4.78, 5) is 24.6. The number of allylic oxidation sites excluding steroid dienone is 5. The summed E-state index contributed by atoms with van der Waals surface area (Å²) < 4.78 is 5.49. The van der Waals surface area contributed by atoms with Gasteiger partial charge in [-0.3, -0.25) is 9.59 Å². The van der Waals surface area contributed by atoms with E-state index in [1.54, 1.807) is 6.08 Å². The molecule has 6 heteroatoms. The average Bonchev–Trinajstić information content (AvgIpc) is 3.37. The van der Waals surface area contributed by atoms with Crippen molar-refractivity contribution >= 4 is 11.9 Å². The molecule has 0 fully saturated rings. The zero-order valence-electron chi connectivity index (χ0n) is 47.7. The first-order chi connectivity index (χ1) is 35.0. The van der Waals surface area contributed by atoms with Gasteiger partial charge in [-0.15, -0.1) is 0 Å². The van der Waals surface area contributed by atoms with Crippen LogP contribution in [0.2, 0.25) is 0 Å². The van der Waals surface area contributed by atoms with Gasteiger partial charge in [-0.25, -0.2) is 0 Å². The first kappa shape index (κ1) is 69.1. The molecule has 0 saturated carbocycles. The maximum Gasteiger partial charge on any atom is 0.305 e. The topological polar surface area (TPSA) is 95.9 Å². The Balaban J connectivity index is 3.45. The highest BCUT2D eigenvalue weighted by Crippen LogP contribution is 2.17. The van der Waals surface area contributed by atoms with Crippen LogP contribution in [0.5, 0.6) is 0 Å². The van der Waals surface area contributed by atoms with E-state index in [9.17, 15) is 19.8 Å². The fourth-order valence-corrected chi connectivity index (χ4v) is 9.78. The highest BCUT2D eigenvalue weighted by Gasteiger charge is 2.18. The maximum absolute atomic E-state index is 12.5. The summed E-state index contributed by atoms with van der Waals surface area (Å²) in [7, 11) is 0. The minimum Gasteiger partial charge on any atom is -0.466 e. The van der Waals surface area contributed by atoms with Gasteiger partial charge in [0.25, 0.3) is 0 Å². The molecule has 0 saturated heterocycles. The molecule has 0 rings (SSSR count). The van der Waals surface area contributed by atoms with E-state index in [1.807, 2.05) is 6.08 Å². The Hall–Kier alpha value is -1.92. The molecule has 0 aliphatic heterocycles. The number of carbonyl (C=O) groups is 2. The van der Waals surface area contributed by atoms with Crippen molar-refractivity contribution in [3.63, 3.8) is 0 Å². The predicted octanol–water partition coefficient (Wildman–Crippen LogP) is 20.0. The fourth-order valence-electron chi connectivity index (χ4n) is 9.78. The van der Waals surface area contributed by atoms with Crippen molar-refractivity contribution < 1.29 is 24.5 Å². The molecule has 0 spiro atoms. The molecule has 2 atom stereocenters. The molecule has 0 aliphatic rings. The van der Waals surface area contributed by atoms with Gasteiger partial charge in [-0.2, -0.15) is 0 Å². The number of esters is 1. The van der Waals surface area contributed by atoms with E-state index in [4.69, 9.17) is 4.74 Å². The van der Waals surface area contributed by atoms with Gasteiger partial charge in [0.2, 0.25) is 5.91 Å². The Morgan fingerprint density at radius 1 is 0.394 bits per heavy atom. The van der Waals surface area contributed by atoms with Crippen LogP contribution in [-0.4, -0.2) is 47.4 Å². The lowest BCUT2D eigenvalue weighted by Gasteiger charge is -2.20. The van der Waals surface area contributed by atoms with E-state index in [0.29, 0.717) is 19.4 Å². The van der Waals surface area contributed by atoms with Crippen LogP contribution >= 0.6 is 0 Å². The molecular weight excluding hydrogens is 875 g/mol. The summed E-state index contributed by atoms with van der Waals surface area (Å²) in [6.07, 6.45) is 76.0. The third-order valence-electron chi connectivity index (χ3n) is 14.7. The van der Waals surface area contributed by atoms with Crippen molar-refractivity contribution in [1.82, 2.24) is 5.32 Å². The number of hydrogen-bond acceptors (Lipinski definition) is 5. The average molecular weight is 999 g/mol. The zero-order chi connectivity index (χ0) is 51.4.